The first-order chi connectivity index (χ1) is 7.15. The maximum atomic E-state index is 13.1. The van der Waals surface area contributed by atoms with Gasteiger partial charge in [-0.25, -0.2) is 8.78 Å². The van der Waals surface area contributed by atoms with Gasteiger partial charge in [0, 0.05) is 11.0 Å². The third kappa shape index (κ3) is 2.86. The minimum atomic E-state index is -0.832. The fraction of sp³-hybridized carbons (Fsp3) is 0.111. The molecule has 0 amide bonds. The molecule has 0 spiro atoms. The van der Waals surface area contributed by atoms with Crippen molar-refractivity contribution in [2.75, 3.05) is 12.3 Å². The summed E-state index contributed by atoms with van der Waals surface area (Å²) in [5.74, 6) is 3.16. The SMILES string of the molecule is [N-]=[N+]=NCC#Cc1c(N)cc(F)cc1F. The molecule has 1 aromatic carbocycles. The van der Waals surface area contributed by atoms with Gasteiger partial charge in [0.05, 0.1) is 17.8 Å². The average molecular weight is 208 g/mol. The van der Waals surface area contributed by atoms with Crippen LogP contribution in [0.1, 0.15) is 5.56 Å². The molecule has 0 bridgehead atoms. The van der Waals surface area contributed by atoms with Crippen molar-refractivity contribution < 1.29 is 8.78 Å². The molecule has 15 heavy (non-hydrogen) atoms. The maximum Gasteiger partial charge on any atom is 0.143 e. The molecule has 0 aromatic heterocycles. The van der Waals surface area contributed by atoms with Crippen LogP contribution >= 0.6 is 0 Å². The Morgan fingerprint density at radius 3 is 2.80 bits per heavy atom. The maximum absolute atomic E-state index is 13.1. The van der Waals surface area contributed by atoms with Gasteiger partial charge in [-0.3, -0.25) is 0 Å². The molecule has 0 radical (unpaired) electrons. The Labute approximate surface area is 84.3 Å². The van der Waals surface area contributed by atoms with Crippen molar-refractivity contribution in [1.82, 2.24) is 0 Å². The van der Waals surface area contributed by atoms with E-state index in [1.165, 1.54) is 0 Å². The third-order valence-electron chi connectivity index (χ3n) is 1.51. The summed E-state index contributed by atoms with van der Waals surface area (Å²) >= 11 is 0. The number of anilines is 1. The molecule has 0 aliphatic heterocycles. The summed E-state index contributed by atoms with van der Waals surface area (Å²) in [6.45, 7) is -0.0905. The van der Waals surface area contributed by atoms with Crippen molar-refractivity contribution in [2.24, 2.45) is 5.11 Å². The fourth-order valence-corrected chi connectivity index (χ4v) is 0.920. The predicted octanol–water partition coefficient (Wildman–Crippen LogP) is 2.21. The molecule has 1 rings (SSSR count). The van der Waals surface area contributed by atoms with Crippen LogP contribution in [-0.2, 0) is 0 Å². The minimum Gasteiger partial charge on any atom is -0.398 e. The summed E-state index contributed by atoms with van der Waals surface area (Å²) in [6.07, 6.45) is 0. The normalized spacial score (nSPS) is 8.67. The summed E-state index contributed by atoms with van der Waals surface area (Å²) in [5.41, 5.74) is 13.1. The zero-order valence-electron chi connectivity index (χ0n) is 7.54. The summed E-state index contributed by atoms with van der Waals surface area (Å²) in [5, 5.41) is 3.13. The largest absolute Gasteiger partial charge is 0.398 e. The van der Waals surface area contributed by atoms with E-state index in [0.717, 1.165) is 6.07 Å². The lowest BCUT2D eigenvalue weighted by molar-refractivity contribution is 0.582. The zero-order valence-corrected chi connectivity index (χ0v) is 7.54. The second kappa shape index (κ2) is 4.84. The molecule has 0 aliphatic rings. The highest BCUT2D eigenvalue weighted by molar-refractivity contribution is 5.56. The summed E-state index contributed by atoms with van der Waals surface area (Å²) < 4.78 is 25.7. The van der Waals surface area contributed by atoms with E-state index in [9.17, 15) is 8.78 Å². The van der Waals surface area contributed by atoms with Crippen molar-refractivity contribution in [1.29, 1.82) is 0 Å². The lowest BCUT2D eigenvalue weighted by Gasteiger charge is -1.99. The van der Waals surface area contributed by atoms with Gasteiger partial charge >= 0.3 is 0 Å². The highest BCUT2D eigenvalue weighted by Gasteiger charge is 2.05. The average Bonchev–Trinajstić information content (AvgIpc) is 2.15. The van der Waals surface area contributed by atoms with E-state index in [1.807, 2.05) is 0 Å². The van der Waals surface area contributed by atoms with Crippen LogP contribution < -0.4 is 5.73 Å². The molecule has 0 saturated carbocycles. The summed E-state index contributed by atoms with van der Waals surface area (Å²) in [4.78, 5) is 2.46. The van der Waals surface area contributed by atoms with Crippen LogP contribution in [0.2, 0.25) is 0 Å². The molecule has 0 atom stereocenters. The van der Waals surface area contributed by atoms with Gasteiger partial charge in [-0.2, -0.15) is 0 Å². The number of halogens is 2. The molecule has 4 nitrogen and oxygen atoms in total. The fourth-order valence-electron chi connectivity index (χ4n) is 0.920. The number of hydrogen-bond acceptors (Lipinski definition) is 2. The molecule has 6 heteroatoms. The number of benzene rings is 1. The van der Waals surface area contributed by atoms with E-state index < -0.39 is 11.6 Å². The van der Waals surface area contributed by atoms with E-state index in [4.69, 9.17) is 11.3 Å². The molecule has 0 unspecified atom stereocenters. The van der Waals surface area contributed by atoms with Crippen LogP contribution in [0.3, 0.4) is 0 Å². The smallest absolute Gasteiger partial charge is 0.143 e. The van der Waals surface area contributed by atoms with E-state index in [1.54, 1.807) is 0 Å². The monoisotopic (exact) mass is 208 g/mol. The number of azide groups is 1. The van der Waals surface area contributed by atoms with E-state index in [2.05, 4.69) is 21.9 Å². The molecule has 76 valence electrons. The quantitative estimate of drug-likeness (QED) is 0.248. The number of rotatable bonds is 1. The molecule has 1 aromatic rings. The standard InChI is InChI=1S/C9H6F2N4/c10-6-4-8(11)7(9(12)5-6)2-1-3-14-15-13/h4-5H,3,12H2. The first-order valence-corrected chi connectivity index (χ1v) is 3.89. The lowest BCUT2D eigenvalue weighted by Crippen LogP contribution is -1.95. The van der Waals surface area contributed by atoms with E-state index in [0.29, 0.717) is 6.07 Å². The number of nitrogen functional groups attached to an aromatic ring is 1. The number of nitrogens with zero attached hydrogens (tertiary/aromatic N) is 3. The van der Waals surface area contributed by atoms with E-state index >= 15 is 0 Å². The van der Waals surface area contributed by atoms with Gasteiger partial charge in [0.15, 0.2) is 0 Å². The Balaban J connectivity index is 3.02. The van der Waals surface area contributed by atoms with Crippen molar-refractivity contribution >= 4 is 5.69 Å². The van der Waals surface area contributed by atoms with Crippen molar-refractivity contribution in [3.63, 3.8) is 0 Å². The Morgan fingerprint density at radius 2 is 2.20 bits per heavy atom. The molecule has 0 aliphatic carbocycles. The van der Waals surface area contributed by atoms with Crippen LogP contribution in [0.4, 0.5) is 14.5 Å². The molecule has 0 heterocycles. The number of nitrogens with two attached hydrogens (primary N) is 1. The molecular weight excluding hydrogens is 202 g/mol. The highest BCUT2D eigenvalue weighted by Crippen LogP contribution is 2.16. The second-order valence-electron chi connectivity index (χ2n) is 2.54. The number of hydrogen-bond donors (Lipinski definition) is 1. The summed E-state index contributed by atoms with van der Waals surface area (Å²) in [6, 6.07) is 1.66. The lowest BCUT2D eigenvalue weighted by atomic mass is 10.1. The van der Waals surface area contributed by atoms with Crippen molar-refractivity contribution in [2.45, 2.75) is 0 Å². The molecule has 2 N–H and O–H groups in total. The first kappa shape index (κ1) is 10.8. The van der Waals surface area contributed by atoms with Gasteiger partial charge in [0.2, 0.25) is 0 Å². The third-order valence-corrected chi connectivity index (χ3v) is 1.51. The van der Waals surface area contributed by atoms with Gasteiger partial charge in [-0.1, -0.05) is 17.0 Å². The predicted molar refractivity (Wildman–Crippen MR) is 51.7 cm³/mol. The van der Waals surface area contributed by atoms with Gasteiger partial charge in [0.25, 0.3) is 0 Å². The highest BCUT2D eigenvalue weighted by atomic mass is 19.1. The zero-order chi connectivity index (χ0) is 11.3. The first-order valence-electron chi connectivity index (χ1n) is 3.89. The second-order valence-corrected chi connectivity index (χ2v) is 2.54. The van der Waals surface area contributed by atoms with Gasteiger partial charge < -0.3 is 5.73 Å². The van der Waals surface area contributed by atoms with Gasteiger partial charge in [-0.15, -0.1) is 0 Å². The molecule has 0 fully saturated rings. The Kier molecular flexibility index (Phi) is 3.49. The minimum absolute atomic E-state index is 0.0825. The summed E-state index contributed by atoms with van der Waals surface area (Å²) in [7, 11) is 0. The Morgan fingerprint density at radius 1 is 1.47 bits per heavy atom. The van der Waals surface area contributed by atoms with Gasteiger partial charge in [0.1, 0.15) is 11.6 Å². The van der Waals surface area contributed by atoms with Crippen molar-refractivity contribution in [3.8, 4) is 11.8 Å². The van der Waals surface area contributed by atoms with Crippen LogP contribution in [0.5, 0.6) is 0 Å². The Hall–Kier alpha value is -2.25. The topological polar surface area (TPSA) is 74.8 Å². The van der Waals surface area contributed by atoms with Crippen LogP contribution in [0, 0.1) is 23.5 Å². The Bertz CT molecular complexity index is 458. The van der Waals surface area contributed by atoms with Crippen LogP contribution in [0.15, 0.2) is 17.2 Å². The van der Waals surface area contributed by atoms with Crippen molar-refractivity contribution in [3.05, 3.63) is 39.8 Å². The van der Waals surface area contributed by atoms with Gasteiger partial charge in [-0.05, 0) is 11.6 Å². The van der Waals surface area contributed by atoms with Crippen LogP contribution in [0.25, 0.3) is 10.4 Å². The molecule has 0 saturated heterocycles. The van der Waals surface area contributed by atoms with Crippen LogP contribution in [-0.4, -0.2) is 6.54 Å². The van der Waals surface area contributed by atoms with E-state index in [-0.39, 0.29) is 17.8 Å². The molecular formula is C9H6F2N4.